The fourth-order valence-corrected chi connectivity index (χ4v) is 3.43. The number of guanidine groups is 1. The van der Waals surface area contributed by atoms with Crippen LogP contribution < -0.4 is 5.32 Å². The maximum Gasteiger partial charge on any atom is 0.434 e. The SMILES string of the molecule is CN=C(NCc1nc(C(F)(F)F)cs1)N1CCN(C(=O)c2ccco2)CC1. The number of hydrogen-bond acceptors (Lipinski definition) is 5. The first kappa shape index (κ1) is 19.2. The number of hydrogen-bond donors (Lipinski definition) is 1. The van der Waals surface area contributed by atoms with Crippen molar-refractivity contribution in [3.8, 4) is 0 Å². The molecule has 0 atom stereocenters. The minimum atomic E-state index is -4.44. The molecule has 0 aliphatic carbocycles. The van der Waals surface area contributed by atoms with E-state index in [1.165, 1.54) is 6.26 Å². The van der Waals surface area contributed by atoms with Gasteiger partial charge in [0.15, 0.2) is 17.4 Å². The second kappa shape index (κ2) is 7.99. The molecular weight excluding hydrogens is 383 g/mol. The van der Waals surface area contributed by atoms with Crippen molar-refractivity contribution >= 4 is 23.2 Å². The predicted octanol–water partition coefficient (Wildman–Crippen LogP) is 2.29. The Morgan fingerprint density at radius 3 is 2.59 bits per heavy atom. The van der Waals surface area contributed by atoms with Crippen LogP contribution in [0.4, 0.5) is 13.2 Å². The average Bonchev–Trinajstić information content (AvgIpc) is 3.34. The van der Waals surface area contributed by atoms with Crippen LogP contribution in [0.5, 0.6) is 0 Å². The van der Waals surface area contributed by atoms with E-state index in [2.05, 4.69) is 15.3 Å². The lowest BCUT2D eigenvalue weighted by Crippen LogP contribution is -2.53. The first-order valence-corrected chi connectivity index (χ1v) is 9.06. The van der Waals surface area contributed by atoms with Crippen molar-refractivity contribution in [1.82, 2.24) is 20.1 Å². The van der Waals surface area contributed by atoms with E-state index in [-0.39, 0.29) is 12.5 Å². The Bertz CT molecular complexity index is 795. The summed E-state index contributed by atoms with van der Waals surface area (Å²) in [5.41, 5.74) is -0.885. The van der Waals surface area contributed by atoms with Crippen LogP contribution in [0, 0.1) is 0 Å². The number of nitrogens with zero attached hydrogens (tertiary/aromatic N) is 4. The zero-order valence-corrected chi connectivity index (χ0v) is 15.3. The number of alkyl halides is 3. The fourth-order valence-electron chi connectivity index (χ4n) is 2.69. The first-order chi connectivity index (χ1) is 12.9. The maximum absolute atomic E-state index is 12.6. The normalized spacial score (nSPS) is 15.9. The molecule has 0 radical (unpaired) electrons. The monoisotopic (exact) mass is 401 g/mol. The van der Waals surface area contributed by atoms with Crippen molar-refractivity contribution in [3.05, 3.63) is 40.2 Å². The van der Waals surface area contributed by atoms with Gasteiger partial charge in [0.25, 0.3) is 5.91 Å². The minimum Gasteiger partial charge on any atom is -0.459 e. The minimum absolute atomic E-state index is 0.152. The Labute approximate surface area is 157 Å². The summed E-state index contributed by atoms with van der Waals surface area (Å²) in [5.74, 6) is 0.698. The lowest BCUT2D eigenvalue weighted by molar-refractivity contribution is -0.140. The summed E-state index contributed by atoms with van der Waals surface area (Å²) in [6, 6.07) is 3.29. The molecule has 146 valence electrons. The highest BCUT2D eigenvalue weighted by Crippen LogP contribution is 2.29. The average molecular weight is 401 g/mol. The van der Waals surface area contributed by atoms with Crippen LogP contribution in [0.15, 0.2) is 33.2 Å². The van der Waals surface area contributed by atoms with Crippen molar-refractivity contribution in [3.63, 3.8) is 0 Å². The quantitative estimate of drug-likeness (QED) is 0.631. The van der Waals surface area contributed by atoms with E-state index in [1.54, 1.807) is 24.1 Å². The van der Waals surface area contributed by atoms with Crippen molar-refractivity contribution in [1.29, 1.82) is 0 Å². The molecule has 1 fully saturated rings. The molecular formula is C16H18F3N5O2S. The number of aromatic nitrogens is 1. The van der Waals surface area contributed by atoms with Gasteiger partial charge in [-0.1, -0.05) is 0 Å². The van der Waals surface area contributed by atoms with E-state index < -0.39 is 11.9 Å². The van der Waals surface area contributed by atoms with Crippen LogP contribution in [0.2, 0.25) is 0 Å². The summed E-state index contributed by atoms with van der Waals surface area (Å²) >= 11 is 0.948. The van der Waals surface area contributed by atoms with Gasteiger partial charge in [0.1, 0.15) is 5.01 Å². The first-order valence-electron chi connectivity index (χ1n) is 8.18. The van der Waals surface area contributed by atoms with E-state index in [9.17, 15) is 18.0 Å². The number of thiazole rings is 1. The second-order valence-electron chi connectivity index (χ2n) is 5.78. The third-order valence-corrected chi connectivity index (χ3v) is 4.90. The van der Waals surface area contributed by atoms with Crippen LogP contribution in [-0.2, 0) is 12.7 Å². The summed E-state index contributed by atoms with van der Waals surface area (Å²) in [6.07, 6.45) is -2.98. The number of furan rings is 1. The number of halogens is 3. The number of nitrogens with one attached hydrogen (secondary N) is 1. The fraction of sp³-hybridized carbons (Fsp3) is 0.438. The predicted molar refractivity (Wildman–Crippen MR) is 93.5 cm³/mol. The van der Waals surface area contributed by atoms with Gasteiger partial charge in [0.2, 0.25) is 0 Å². The van der Waals surface area contributed by atoms with Gasteiger partial charge in [-0.05, 0) is 12.1 Å². The van der Waals surface area contributed by atoms with Gasteiger partial charge in [-0.3, -0.25) is 9.79 Å². The largest absolute Gasteiger partial charge is 0.459 e. The van der Waals surface area contributed by atoms with E-state index in [4.69, 9.17) is 4.42 Å². The maximum atomic E-state index is 12.6. The molecule has 0 saturated carbocycles. The third kappa shape index (κ3) is 4.59. The topological polar surface area (TPSA) is 74.0 Å². The number of amides is 1. The number of carbonyl (C=O) groups excluding carboxylic acids is 1. The molecule has 11 heteroatoms. The highest BCUT2D eigenvalue weighted by atomic mass is 32.1. The third-order valence-electron chi connectivity index (χ3n) is 4.05. The molecule has 0 aromatic carbocycles. The van der Waals surface area contributed by atoms with Crippen molar-refractivity contribution in [2.45, 2.75) is 12.7 Å². The molecule has 27 heavy (non-hydrogen) atoms. The Morgan fingerprint density at radius 2 is 2.04 bits per heavy atom. The Balaban J connectivity index is 1.52. The van der Waals surface area contributed by atoms with Crippen LogP contribution >= 0.6 is 11.3 Å². The molecule has 0 bridgehead atoms. The van der Waals surface area contributed by atoms with E-state index >= 15 is 0 Å². The van der Waals surface area contributed by atoms with Gasteiger partial charge in [-0.15, -0.1) is 11.3 Å². The van der Waals surface area contributed by atoms with Crippen LogP contribution in [0.3, 0.4) is 0 Å². The molecule has 0 spiro atoms. The van der Waals surface area contributed by atoms with Gasteiger partial charge >= 0.3 is 6.18 Å². The molecule has 1 amide bonds. The van der Waals surface area contributed by atoms with Crippen molar-refractivity contribution in [2.24, 2.45) is 4.99 Å². The van der Waals surface area contributed by atoms with Gasteiger partial charge in [-0.25, -0.2) is 4.98 Å². The zero-order valence-electron chi connectivity index (χ0n) is 14.5. The molecule has 2 aromatic heterocycles. The number of aliphatic imine (C=N–C) groups is 1. The molecule has 7 nitrogen and oxygen atoms in total. The van der Waals surface area contributed by atoms with E-state index in [0.717, 1.165) is 16.7 Å². The number of rotatable bonds is 3. The molecule has 1 saturated heterocycles. The Kier molecular flexibility index (Phi) is 5.68. The van der Waals surface area contributed by atoms with Crippen LogP contribution in [0.1, 0.15) is 21.3 Å². The van der Waals surface area contributed by atoms with Gasteiger partial charge in [0.05, 0.1) is 12.8 Å². The molecule has 2 aromatic rings. The standard InChI is InChI=1S/C16H18F3N5O2S/c1-20-15(21-9-13-22-12(10-27-13)16(17,18)19)24-6-4-23(5-7-24)14(25)11-3-2-8-26-11/h2-3,8,10H,4-7,9H2,1H3,(H,20,21). The van der Waals surface area contributed by atoms with Crippen LogP contribution in [-0.4, -0.2) is 59.9 Å². The van der Waals surface area contributed by atoms with Gasteiger partial charge in [-0.2, -0.15) is 13.2 Å². The van der Waals surface area contributed by atoms with Gasteiger partial charge < -0.3 is 19.5 Å². The van der Waals surface area contributed by atoms with Gasteiger partial charge in [0, 0.05) is 38.6 Å². The molecule has 1 aliphatic rings. The lowest BCUT2D eigenvalue weighted by Gasteiger charge is -2.36. The summed E-state index contributed by atoms with van der Waals surface area (Å²) < 4.78 is 43.0. The highest BCUT2D eigenvalue weighted by Gasteiger charge is 2.33. The summed E-state index contributed by atoms with van der Waals surface area (Å²) in [5, 5.41) is 4.35. The molecule has 1 N–H and O–H groups in total. The molecule has 3 heterocycles. The van der Waals surface area contributed by atoms with E-state index in [0.29, 0.717) is 42.9 Å². The molecule has 0 unspecified atom stereocenters. The van der Waals surface area contributed by atoms with Crippen molar-refractivity contribution in [2.75, 3.05) is 33.2 Å². The number of piperazine rings is 1. The summed E-state index contributed by atoms with van der Waals surface area (Å²) in [7, 11) is 1.60. The molecule has 3 rings (SSSR count). The summed E-state index contributed by atoms with van der Waals surface area (Å²) in [4.78, 5) is 23.7. The second-order valence-corrected chi connectivity index (χ2v) is 6.72. The smallest absolute Gasteiger partial charge is 0.434 e. The number of carbonyl (C=O) groups is 1. The Morgan fingerprint density at radius 1 is 1.33 bits per heavy atom. The van der Waals surface area contributed by atoms with Crippen LogP contribution in [0.25, 0.3) is 0 Å². The lowest BCUT2D eigenvalue weighted by atomic mass is 10.3. The Hall–Kier alpha value is -2.56. The van der Waals surface area contributed by atoms with E-state index in [1.807, 2.05) is 4.90 Å². The zero-order chi connectivity index (χ0) is 19.4. The van der Waals surface area contributed by atoms with Crippen molar-refractivity contribution < 1.29 is 22.4 Å². The summed E-state index contributed by atoms with van der Waals surface area (Å²) in [6.45, 7) is 2.25. The molecule has 1 aliphatic heterocycles. The highest BCUT2D eigenvalue weighted by molar-refractivity contribution is 7.09.